The van der Waals surface area contributed by atoms with Gasteiger partial charge in [-0.15, -0.1) is 0 Å². The maximum atomic E-state index is 12.1. The number of amides is 1. The number of ether oxygens (including phenoxy) is 2. The summed E-state index contributed by atoms with van der Waals surface area (Å²) >= 11 is 0. The highest BCUT2D eigenvalue weighted by molar-refractivity contribution is 5.88. The maximum Gasteiger partial charge on any atom is 0.262 e. The molecule has 1 amide bonds. The van der Waals surface area contributed by atoms with Crippen LogP contribution in [0.15, 0.2) is 47.6 Å². The minimum atomic E-state index is -0.535. The van der Waals surface area contributed by atoms with Crippen molar-refractivity contribution in [2.75, 3.05) is 19.5 Å². The number of hydrogen-bond donors (Lipinski definition) is 3. The quantitative estimate of drug-likeness (QED) is 0.530. The number of benzene rings is 2. The highest BCUT2D eigenvalue weighted by Crippen LogP contribution is 2.24. The molecule has 2 rings (SSSR count). The van der Waals surface area contributed by atoms with Crippen molar-refractivity contribution >= 4 is 17.8 Å². The third-order valence-corrected chi connectivity index (χ3v) is 3.49. The number of phenols is 1. The van der Waals surface area contributed by atoms with Crippen molar-refractivity contribution in [3.05, 3.63) is 48.0 Å². The lowest BCUT2D eigenvalue weighted by Gasteiger charge is -2.15. The molecule has 7 nitrogen and oxygen atoms in total. The molecule has 132 valence electrons. The van der Waals surface area contributed by atoms with E-state index in [4.69, 9.17) is 9.47 Å². The molecule has 0 heterocycles. The second-order valence-corrected chi connectivity index (χ2v) is 5.23. The van der Waals surface area contributed by atoms with Gasteiger partial charge < -0.3 is 19.9 Å². The Hall–Kier alpha value is -3.22. The predicted octanol–water partition coefficient (Wildman–Crippen LogP) is 2.36. The zero-order valence-electron chi connectivity index (χ0n) is 14.3. The molecular weight excluding hydrogens is 322 g/mol. The summed E-state index contributed by atoms with van der Waals surface area (Å²) in [7, 11) is 3.09. The zero-order chi connectivity index (χ0) is 18.2. The van der Waals surface area contributed by atoms with E-state index in [2.05, 4.69) is 15.8 Å². The van der Waals surface area contributed by atoms with Gasteiger partial charge in [-0.1, -0.05) is 12.1 Å². The number of para-hydroxylation sites is 2. The molecule has 2 aromatic rings. The lowest BCUT2D eigenvalue weighted by molar-refractivity contribution is -0.121. The van der Waals surface area contributed by atoms with Crippen LogP contribution in [0.5, 0.6) is 17.2 Å². The van der Waals surface area contributed by atoms with Crippen molar-refractivity contribution < 1.29 is 19.4 Å². The van der Waals surface area contributed by atoms with Crippen LogP contribution in [0.1, 0.15) is 12.5 Å². The molecule has 0 aliphatic heterocycles. The first-order valence-corrected chi connectivity index (χ1v) is 7.64. The fourth-order valence-corrected chi connectivity index (χ4v) is 2.09. The molecule has 1 unspecified atom stereocenters. The van der Waals surface area contributed by atoms with Crippen LogP contribution in [0.3, 0.4) is 0 Å². The van der Waals surface area contributed by atoms with E-state index in [0.717, 1.165) is 0 Å². The van der Waals surface area contributed by atoms with Crippen LogP contribution in [0.25, 0.3) is 0 Å². The first-order valence-electron chi connectivity index (χ1n) is 7.64. The third kappa shape index (κ3) is 4.87. The SMILES string of the molecule is COc1ccc(O)c(C=NNC(=O)C(C)Nc2ccccc2OC)c1. The number of aromatic hydroxyl groups is 1. The highest BCUT2D eigenvalue weighted by Gasteiger charge is 2.13. The average molecular weight is 343 g/mol. The first kappa shape index (κ1) is 18.1. The molecule has 7 heteroatoms. The molecule has 25 heavy (non-hydrogen) atoms. The number of phenolic OH excluding ortho intramolecular Hbond substituents is 1. The Kier molecular flexibility index (Phi) is 6.22. The van der Waals surface area contributed by atoms with Crippen LogP contribution in [0.2, 0.25) is 0 Å². The molecule has 0 aromatic heterocycles. The Labute approximate surface area is 146 Å². The van der Waals surface area contributed by atoms with Gasteiger partial charge in [0.1, 0.15) is 23.3 Å². The summed E-state index contributed by atoms with van der Waals surface area (Å²) in [4.78, 5) is 12.1. The molecule has 0 saturated carbocycles. The van der Waals surface area contributed by atoms with E-state index < -0.39 is 6.04 Å². The van der Waals surface area contributed by atoms with Crippen LogP contribution < -0.4 is 20.2 Å². The van der Waals surface area contributed by atoms with Gasteiger partial charge in [0, 0.05) is 5.56 Å². The van der Waals surface area contributed by atoms with Crippen molar-refractivity contribution in [1.82, 2.24) is 5.43 Å². The normalized spacial score (nSPS) is 11.8. The molecular formula is C18H21N3O4. The Morgan fingerprint density at radius 2 is 1.96 bits per heavy atom. The second kappa shape index (κ2) is 8.58. The molecule has 2 aromatic carbocycles. The van der Waals surface area contributed by atoms with Crippen molar-refractivity contribution in [1.29, 1.82) is 0 Å². The summed E-state index contributed by atoms with van der Waals surface area (Å²) in [6.07, 6.45) is 1.35. The summed E-state index contributed by atoms with van der Waals surface area (Å²) in [6.45, 7) is 1.71. The fraction of sp³-hybridized carbons (Fsp3) is 0.222. The number of carbonyl (C=O) groups excluding carboxylic acids is 1. The van der Waals surface area contributed by atoms with Gasteiger partial charge in [-0.2, -0.15) is 5.10 Å². The van der Waals surface area contributed by atoms with E-state index in [0.29, 0.717) is 22.7 Å². The van der Waals surface area contributed by atoms with Crippen LogP contribution in [0, 0.1) is 0 Å². The molecule has 1 atom stereocenters. The number of methoxy groups -OCH3 is 2. The standard InChI is InChI=1S/C18H21N3O4/c1-12(20-15-6-4-5-7-17(15)25-3)18(23)21-19-11-13-10-14(24-2)8-9-16(13)22/h4-12,20,22H,1-3H3,(H,21,23). The molecule has 0 saturated heterocycles. The summed E-state index contributed by atoms with van der Waals surface area (Å²) < 4.78 is 10.3. The Morgan fingerprint density at radius 3 is 2.68 bits per heavy atom. The molecule has 0 fully saturated rings. The Balaban J connectivity index is 1.97. The van der Waals surface area contributed by atoms with Crippen molar-refractivity contribution in [3.63, 3.8) is 0 Å². The van der Waals surface area contributed by atoms with Crippen LogP contribution >= 0.6 is 0 Å². The van der Waals surface area contributed by atoms with Gasteiger partial charge in [0.25, 0.3) is 5.91 Å². The molecule has 0 aliphatic rings. The van der Waals surface area contributed by atoms with Gasteiger partial charge in [-0.25, -0.2) is 5.43 Å². The molecule has 0 radical (unpaired) electrons. The molecule has 0 aliphatic carbocycles. The fourth-order valence-electron chi connectivity index (χ4n) is 2.09. The number of anilines is 1. The summed E-state index contributed by atoms with van der Waals surface area (Å²) in [5.74, 6) is 0.937. The van der Waals surface area contributed by atoms with Gasteiger partial charge in [0.05, 0.1) is 26.1 Å². The molecule has 3 N–H and O–H groups in total. The van der Waals surface area contributed by atoms with Crippen LogP contribution in [0.4, 0.5) is 5.69 Å². The number of hydrazone groups is 1. The van der Waals surface area contributed by atoms with E-state index in [9.17, 15) is 9.90 Å². The van der Waals surface area contributed by atoms with Crippen molar-refractivity contribution in [3.8, 4) is 17.2 Å². The largest absolute Gasteiger partial charge is 0.507 e. The second-order valence-electron chi connectivity index (χ2n) is 5.23. The van der Waals surface area contributed by atoms with E-state index in [1.807, 2.05) is 18.2 Å². The maximum absolute atomic E-state index is 12.1. The predicted molar refractivity (Wildman–Crippen MR) is 96.5 cm³/mol. The zero-order valence-corrected chi connectivity index (χ0v) is 14.3. The van der Waals surface area contributed by atoms with Crippen molar-refractivity contribution in [2.24, 2.45) is 5.10 Å². The topological polar surface area (TPSA) is 92.2 Å². The van der Waals surface area contributed by atoms with Gasteiger partial charge >= 0.3 is 0 Å². The third-order valence-electron chi connectivity index (χ3n) is 3.49. The number of carbonyl (C=O) groups is 1. The van der Waals surface area contributed by atoms with Gasteiger partial charge in [-0.3, -0.25) is 4.79 Å². The number of nitrogens with one attached hydrogen (secondary N) is 2. The van der Waals surface area contributed by atoms with Crippen LogP contribution in [-0.2, 0) is 4.79 Å². The smallest absolute Gasteiger partial charge is 0.262 e. The summed E-state index contributed by atoms with van der Waals surface area (Å²) in [6, 6.07) is 11.5. The first-order chi connectivity index (χ1) is 12.0. The van der Waals surface area contributed by atoms with Crippen LogP contribution in [-0.4, -0.2) is 37.5 Å². The highest BCUT2D eigenvalue weighted by atomic mass is 16.5. The van der Waals surface area contributed by atoms with E-state index >= 15 is 0 Å². The summed E-state index contributed by atoms with van der Waals surface area (Å²) in [5, 5.41) is 16.7. The van der Waals surface area contributed by atoms with E-state index in [1.54, 1.807) is 32.2 Å². The number of rotatable bonds is 7. The van der Waals surface area contributed by atoms with Gasteiger partial charge in [0.15, 0.2) is 0 Å². The average Bonchev–Trinajstić information content (AvgIpc) is 2.63. The molecule has 0 spiro atoms. The van der Waals surface area contributed by atoms with Gasteiger partial charge in [-0.05, 0) is 37.3 Å². The minimum absolute atomic E-state index is 0.0407. The molecule has 0 bridgehead atoms. The Morgan fingerprint density at radius 1 is 1.20 bits per heavy atom. The monoisotopic (exact) mass is 343 g/mol. The minimum Gasteiger partial charge on any atom is -0.507 e. The van der Waals surface area contributed by atoms with E-state index in [1.165, 1.54) is 19.4 Å². The number of nitrogens with zero attached hydrogens (tertiary/aromatic N) is 1. The Bertz CT molecular complexity index is 762. The number of hydrogen-bond acceptors (Lipinski definition) is 6. The lowest BCUT2D eigenvalue weighted by Crippen LogP contribution is -2.35. The van der Waals surface area contributed by atoms with E-state index in [-0.39, 0.29) is 11.7 Å². The van der Waals surface area contributed by atoms with Gasteiger partial charge in [0.2, 0.25) is 0 Å². The van der Waals surface area contributed by atoms with Crippen molar-refractivity contribution in [2.45, 2.75) is 13.0 Å². The summed E-state index contributed by atoms with van der Waals surface area (Å²) in [5.41, 5.74) is 3.57. The lowest BCUT2D eigenvalue weighted by atomic mass is 10.2.